The molecule has 0 N–H and O–H groups in total. The molecule has 0 fully saturated rings. The van der Waals surface area contributed by atoms with Crippen LogP contribution in [0.2, 0.25) is 0 Å². The maximum Gasteiger partial charge on any atom is 0.253 e. The van der Waals surface area contributed by atoms with Gasteiger partial charge in [-0.2, -0.15) is 0 Å². The fourth-order valence-corrected chi connectivity index (χ4v) is 2.43. The maximum atomic E-state index is 2.41. The molecule has 0 aromatic carbocycles. The minimum atomic E-state index is 1.18. The van der Waals surface area contributed by atoms with Crippen molar-refractivity contribution >= 4 is 0 Å². The molecule has 0 aliphatic carbocycles. The summed E-state index contributed by atoms with van der Waals surface area (Å²) < 4.78 is 4.82. The summed E-state index contributed by atoms with van der Waals surface area (Å²) in [5, 5.41) is 0. The van der Waals surface area contributed by atoms with Gasteiger partial charge in [-0.05, 0) is 25.7 Å². The summed E-state index contributed by atoms with van der Waals surface area (Å²) in [4.78, 5) is 0. The van der Waals surface area contributed by atoms with Crippen molar-refractivity contribution < 1.29 is 4.57 Å². The smallest absolute Gasteiger partial charge is 0.234 e. The predicted molar refractivity (Wildman–Crippen MR) is 77.6 cm³/mol. The fraction of sp³-hybridized carbons (Fsp3) is 0.812. The zero-order valence-corrected chi connectivity index (χ0v) is 12.6. The molecule has 18 heavy (non-hydrogen) atoms. The van der Waals surface area contributed by atoms with Crippen molar-refractivity contribution in [2.75, 3.05) is 0 Å². The molecule has 1 heterocycles. The van der Waals surface area contributed by atoms with E-state index in [2.05, 4.69) is 42.3 Å². The van der Waals surface area contributed by atoms with Crippen molar-refractivity contribution in [1.82, 2.24) is 4.57 Å². The lowest BCUT2D eigenvalue weighted by molar-refractivity contribution is -0.702. The van der Waals surface area contributed by atoms with Crippen LogP contribution in [0.15, 0.2) is 12.4 Å². The minimum absolute atomic E-state index is 1.18. The molecule has 1 rings (SSSR count). The van der Waals surface area contributed by atoms with Crippen LogP contribution < -0.4 is 4.57 Å². The van der Waals surface area contributed by atoms with E-state index in [0.29, 0.717) is 0 Å². The van der Waals surface area contributed by atoms with E-state index in [4.69, 9.17) is 0 Å². The number of aromatic nitrogens is 2. The average molecular weight is 251 g/mol. The zero-order chi connectivity index (χ0) is 13.2. The molecular formula is C16H31N2+. The second kappa shape index (κ2) is 9.18. The van der Waals surface area contributed by atoms with Crippen LogP contribution in [0.3, 0.4) is 0 Å². The van der Waals surface area contributed by atoms with Crippen molar-refractivity contribution in [3.8, 4) is 0 Å². The van der Waals surface area contributed by atoms with Gasteiger partial charge in [0.2, 0.25) is 0 Å². The second-order valence-electron chi connectivity index (χ2n) is 5.35. The van der Waals surface area contributed by atoms with Gasteiger partial charge in [-0.3, -0.25) is 0 Å². The van der Waals surface area contributed by atoms with E-state index in [9.17, 15) is 0 Å². The lowest BCUT2D eigenvalue weighted by atomic mass is 10.1. The van der Waals surface area contributed by atoms with Gasteiger partial charge in [-0.25, -0.2) is 9.13 Å². The van der Waals surface area contributed by atoms with Crippen LogP contribution in [0.4, 0.5) is 0 Å². The highest BCUT2D eigenvalue weighted by atomic mass is 15.1. The summed E-state index contributed by atoms with van der Waals surface area (Å²) in [6, 6.07) is 0. The summed E-state index contributed by atoms with van der Waals surface area (Å²) in [6.07, 6.45) is 15.3. The van der Waals surface area contributed by atoms with E-state index in [1.807, 2.05) is 0 Å². The van der Waals surface area contributed by atoms with Crippen LogP contribution >= 0.6 is 0 Å². The van der Waals surface area contributed by atoms with Crippen molar-refractivity contribution in [2.45, 2.75) is 85.2 Å². The Morgan fingerprint density at radius 2 is 1.61 bits per heavy atom. The zero-order valence-electron chi connectivity index (χ0n) is 12.6. The molecule has 0 saturated heterocycles. The maximum absolute atomic E-state index is 2.41. The highest BCUT2D eigenvalue weighted by Gasteiger charge is 2.10. The molecule has 0 atom stereocenters. The Labute approximate surface area is 113 Å². The number of aryl methyl sites for hydroxylation is 2. The van der Waals surface area contributed by atoms with Gasteiger partial charge < -0.3 is 0 Å². The van der Waals surface area contributed by atoms with E-state index in [0.717, 1.165) is 0 Å². The van der Waals surface area contributed by atoms with Crippen molar-refractivity contribution in [2.24, 2.45) is 0 Å². The van der Waals surface area contributed by atoms with Crippen LogP contribution in [0, 0.1) is 6.92 Å². The van der Waals surface area contributed by atoms with Gasteiger partial charge in [0.15, 0.2) is 0 Å². The lowest BCUT2D eigenvalue weighted by Gasteiger charge is -2.01. The van der Waals surface area contributed by atoms with Crippen LogP contribution in [0.25, 0.3) is 0 Å². The van der Waals surface area contributed by atoms with Gasteiger partial charge >= 0.3 is 0 Å². The Bertz CT molecular complexity index is 315. The number of rotatable bonds is 10. The Morgan fingerprint density at radius 1 is 0.944 bits per heavy atom. The molecule has 0 aliphatic rings. The average Bonchev–Trinajstić information content (AvgIpc) is 2.71. The third kappa shape index (κ3) is 5.24. The predicted octanol–water partition coefficient (Wildman–Crippen LogP) is 4.24. The van der Waals surface area contributed by atoms with Crippen LogP contribution in [-0.2, 0) is 13.1 Å². The standard InChI is InChI=1S/C16H31N2/c1-4-6-8-9-11-13-18-15-14-17(16(18)3)12-10-7-5-2/h14-15H,4-13H2,1-3H3/q+1. The normalized spacial score (nSPS) is 11.1. The SMILES string of the molecule is CCCCCCCn1cc[n+](CCCCC)c1C. The first-order chi connectivity index (χ1) is 8.79. The molecule has 0 unspecified atom stereocenters. The van der Waals surface area contributed by atoms with E-state index < -0.39 is 0 Å². The largest absolute Gasteiger partial charge is 0.253 e. The van der Waals surface area contributed by atoms with E-state index in [-0.39, 0.29) is 0 Å². The first-order valence-electron chi connectivity index (χ1n) is 7.84. The van der Waals surface area contributed by atoms with Crippen LogP contribution in [0.5, 0.6) is 0 Å². The first-order valence-corrected chi connectivity index (χ1v) is 7.84. The molecule has 0 spiro atoms. The van der Waals surface area contributed by atoms with E-state index in [1.165, 1.54) is 70.3 Å². The summed E-state index contributed by atoms with van der Waals surface area (Å²) in [7, 11) is 0. The molecule has 1 aromatic heterocycles. The van der Waals surface area contributed by atoms with Gasteiger partial charge in [0.25, 0.3) is 5.82 Å². The topological polar surface area (TPSA) is 8.81 Å². The molecule has 2 heteroatoms. The highest BCUT2D eigenvalue weighted by Crippen LogP contribution is 2.05. The van der Waals surface area contributed by atoms with Crippen LogP contribution in [-0.4, -0.2) is 4.57 Å². The van der Waals surface area contributed by atoms with E-state index in [1.54, 1.807) is 0 Å². The molecule has 104 valence electrons. The lowest BCUT2D eigenvalue weighted by Crippen LogP contribution is -2.35. The second-order valence-corrected chi connectivity index (χ2v) is 5.35. The Morgan fingerprint density at radius 3 is 2.33 bits per heavy atom. The molecule has 2 nitrogen and oxygen atoms in total. The number of hydrogen-bond donors (Lipinski definition) is 0. The van der Waals surface area contributed by atoms with Crippen molar-refractivity contribution in [3.05, 3.63) is 18.2 Å². The number of imidazole rings is 1. The number of hydrogen-bond acceptors (Lipinski definition) is 0. The van der Waals surface area contributed by atoms with Gasteiger partial charge in [0.1, 0.15) is 12.4 Å². The van der Waals surface area contributed by atoms with Gasteiger partial charge in [-0.1, -0.05) is 39.5 Å². The Balaban J connectivity index is 2.29. The number of unbranched alkanes of at least 4 members (excludes halogenated alkanes) is 6. The number of nitrogens with zero attached hydrogens (tertiary/aromatic N) is 2. The molecule has 0 saturated carbocycles. The van der Waals surface area contributed by atoms with Crippen LogP contribution in [0.1, 0.15) is 71.0 Å². The molecule has 0 radical (unpaired) electrons. The molecule has 0 amide bonds. The van der Waals surface area contributed by atoms with Gasteiger partial charge in [-0.15, -0.1) is 0 Å². The van der Waals surface area contributed by atoms with Crippen molar-refractivity contribution in [1.29, 1.82) is 0 Å². The van der Waals surface area contributed by atoms with Gasteiger partial charge in [0, 0.05) is 6.92 Å². The minimum Gasteiger partial charge on any atom is -0.234 e. The summed E-state index contributed by atoms with van der Waals surface area (Å²) >= 11 is 0. The quantitative estimate of drug-likeness (QED) is 0.434. The molecule has 0 aliphatic heterocycles. The molecule has 0 bridgehead atoms. The van der Waals surface area contributed by atoms with Crippen molar-refractivity contribution in [3.63, 3.8) is 0 Å². The summed E-state index contributed by atoms with van der Waals surface area (Å²) in [6.45, 7) is 9.16. The third-order valence-electron chi connectivity index (χ3n) is 3.76. The fourth-order valence-electron chi connectivity index (χ4n) is 2.43. The molecular weight excluding hydrogens is 220 g/mol. The van der Waals surface area contributed by atoms with E-state index >= 15 is 0 Å². The first kappa shape index (κ1) is 15.3. The summed E-state index contributed by atoms with van der Waals surface area (Å²) in [5.41, 5.74) is 0. The monoisotopic (exact) mass is 251 g/mol. The molecule has 1 aromatic rings. The Hall–Kier alpha value is -0.790. The third-order valence-corrected chi connectivity index (χ3v) is 3.76. The highest BCUT2D eigenvalue weighted by molar-refractivity contribution is 4.79. The Kier molecular flexibility index (Phi) is 7.79. The summed E-state index contributed by atoms with van der Waals surface area (Å²) in [5.74, 6) is 1.42. The van der Waals surface area contributed by atoms with Gasteiger partial charge in [0.05, 0.1) is 13.1 Å².